The van der Waals surface area contributed by atoms with Crippen LogP contribution < -0.4 is 4.74 Å². The van der Waals surface area contributed by atoms with Gasteiger partial charge in [-0.15, -0.1) is 0 Å². The van der Waals surface area contributed by atoms with Crippen LogP contribution >= 0.6 is 0 Å². The van der Waals surface area contributed by atoms with Gasteiger partial charge in [-0.25, -0.2) is 0 Å². The van der Waals surface area contributed by atoms with Gasteiger partial charge in [-0.2, -0.15) is 0 Å². The summed E-state index contributed by atoms with van der Waals surface area (Å²) < 4.78 is 5.49. The minimum absolute atomic E-state index is 0.214. The van der Waals surface area contributed by atoms with Crippen LogP contribution in [0, 0.1) is 11.8 Å². The van der Waals surface area contributed by atoms with Crippen LogP contribution in [0.4, 0.5) is 0 Å². The van der Waals surface area contributed by atoms with Crippen LogP contribution in [0.2, 0.25) is 0 Å². The molecule has 0 amide bonds. The minimum atomic E-state index is -0.274. The third-order valence-electron chi connectivity index (χ3n) is 6.32. The Bertz CT molecular complexity index is 532. The monoisotopic (exact) mass is 301 g/mol. The number of methoxy groups -OCH3 is 1. The first-order valence-corrected chi connectivity index (χ1v) is 8.81. The van der Waals surface area contributed by atoms with E-state index in [2.05, 4.69) is 11.0 Å². The van der Waals surface area contributed by atoms with E-state index < -0.39 is 0 Å². The van der Waals surface area contributed by atoms with Crippen molar-refractivity contribution in [2.75, 3.05) is 20.2 Å². The Labute approximate surface area is 133 Å². The van der Waals surface area contributed by atoms with Gasteiger partial charge in [0.15, 0.2) is 0 Å². The van der Waals surface area contributed by atoms with Crippen LogP contribution in [0.5, 0.6) is 5.75 Å². The number of hydrogen-bond donors (Lipinski definition) is 1. The summed E-state index contributed by atoms with van der Waals surface area (Å²) in [6.07, 6.45) is 6.43. The van der Waals surface area contributed by atoms with Crippen molar-refractivity contribution in [2.45, 2.75) is 50.2 Å². The summed E-state index contributed by atoms with van der Waals surface area (Å²) in [4.78, 5) is 2.58. The first-order chi connectivity index (χ1) is 10.8. The van der Waals surface area contributed by atoms with Gasteiger partial charge in [-0.3, -0.25) is 4.90 Å². The van der Waals surface area contributed by atoms with E-state index in [0.29, 0.717) is 0 Å². The highest BCUT2D eigenvalue weighted by Crippen LogP contribution is 2.47. The van der Waals surface area contributed by atoms with E-state index in [0.717, 1.165) is 43.1 Å². The lowest BCUT2D eigenvalue weighted by Gasteiger charge is -2.42. The van der Waals surface area contributed by atoms with Gasteiger partial charge in [0, 0.05) is 18.5 Å². The zero-order valence-electron chi connectivity index (χ0n) is 13.4. The molecule has 1 aromatic carbocycles. The number of β-amino-alcohol motifs (C(OH)–C–C–N with tert-alkyl or cyclic N) is 1. The highest BCUT2D eigenvalue weighted by atomic mass is 16.5. The zero-order chi connectivity index (χ0) is 15.1. The second kappa shape index (κ2) is 5.86. The van der Waals surface area contributed by atoms with Crippen LogP contribution in [0.25, 0.3) is 0 Å². The number of hydrogen-bond acceptors (Lipinski definition) is 3. The van der Waals surface area contributed by atoms with Crippen LogP contribution in [-0.4, -0.2) is 42.4 Å². The molecule has 1 N–H and O–H groups in total. The van der Waals surface area contributed by atoms with Crippen LogP contribution in [-0.2, 0) is 0 Å². The van der Waals surface area contributed by atoms with Crippen molar-refractivity contribution in [1.29, 1.82) is 0 Å². The van der Waals surface area contributed by atoms with Gasteiger partial charge in [0.1, 0.15) is 5.75 Å². The molecule has 1 aromatic rings. The summed E-state index contributed by atoms with van der Waals surface area (Å²) in [5, 5.41) is 10.7. The van der Waals surface area contributed by atoms with Crippen LogP contribution in [0.3, 0.4) is 0 Å². The van der Waals surface area contributed by atoms with Gasteiger partial charge < -0.3 is 9.84 Å². The molecule has 0 aromatic heterocycles. The molecule has 1 aliphatic heterocycles. The van der Waals surface area contributed by atoms with E-state index in [4.69, 9.17) is 4.74 Å². The Morgan fingerprint density at radius 3 is 2.68 bits per heavy atom. The Morgan fingerprint density at radius 1 is 1.14 bits per heavy atom. The number of likely N-dealkylation sites (tertiary alicyclic amines) is 1. The predicted octanol–water partition coefficient (Wildman–Crippen LogP) is 3.03. The average Bonchev–Trinajstić information content (AvgIpc) is 3.18. The highest BCUT2D eigenvalue weighted by Gasteiger charge is 2.44. The lowest BCUT2D eigenvalue weighted by molar-refractivity contribution is 0.0155. The zero-order valence-corrected chi connectivity index (χ0v) is 13.4. The van der Waals surface area contributed by atoms with E-state index in [1.165, 1.54) is 31.2 Å². The lowest BCUT2D eigenvalue weighted by Crippen LogP contribution is -2.49. The molecule has 0 radical (unpaired) electrons. The Balaban J connectivity index is 1.46. The van der Waals surface area contributed by atoms with Crippen molar-refractivity contribution in [3.63, 3.8) is 0 Å². The molecular formula is C19H27NO2. The molecule has 0 unspecified atom stereocenters. The largest absolute Gasteiger partial charge is 0.496 e. The maximum Gasteiger partial charge on any atom is 0.122 e. The van der Waals surface area contributed by atoms with E-state index in [1.807, 2.05) is 18.2 Å². The van der Waals surface area contributed by atoms with Gasteiger partial charge in [0.05, 0.1) is 13.2 Å². The third-order valence-corrected chi connectivity index (χ3v) is 6.32. The maximum atomic E-state index is 10.7. The maximum absolute atomic E-state index is 10.7. The number of nitrogens with zero attached hydrogens (tertiary/aromatic N) is 1. The van der Waals surface area contributed by atoms with Gasteiger partial charge >= 0.3 is 0 Å². The summed E-state index contributed by atoms with van der Waals surface area (Å²) >= 11 is 0. The van der Waals surface area contributed by atoms with Crippen molar-refractivity contribution < 1.29 is 9.84 Å². The number of fused-ring (bicyclic) bond motifs is 2. The summed E-state index contributed by atoms with van der Waals surface area (Å²) in [5.74, 6) is 3.00. The molecule has 3 aliphatic rings. The third kappa shape index (κ3) is 2.44. The Kier molecular flexibility index (Phi) is 3.87. The number of rotatable bonds is 3. The van der Waals surface area contributed by atoms with E-state index >= 15 is 0 Å². The van der Waals surface area contributed by atoms with E-state index in [9.17, 15) is 5.11 Å². The second-order valence-electron chi connectivity index (χ2n) is 7.44. The molecule has 3 fully saturated rings. The van der Waals surface area contributed by atoms with Gasteiger partial charge in [-0.1, -0.05) is 24.6 Å². The average molecular weight is 301 g/mol. The molecule has 1 saturated heterocycles. The van der Waals surface area contributed by atoms with E-state index in [-0.39, 0.29) is 12.0 Å². The number of para-hydroxylation sites is 1. The topological polar surface area (TPSA) is 32.7 Å². The molecule has 5 atom stereocenters. The molecular weight excluding hydrogens is 274 g/mol. The highest BCUT2D eigenvalue weighted by molar-refractivity contribution is 5.37. The first-order valence-electron chi connectivity index (χ1n) is 8.81. The molecule has 1 heterocycles. The molecule has 120 valence electrons. The van der Waals surface area contributed by atoms with Crippen molar-refractivity contribution >= 4 is 0 Å². The fourth-order valence-corrected chi connectivity index (χ4v) is 5.25. The molecule has 22 heavy (non-hydrogen) atoms. The molecule has 3 nitrogen and oxygen atoms in total. The van der Waals surface area contributed by atoms with Gasteiger partial charge in [0.25, 0.3) is 0 Å². The normalized spacial score (nSPS) is 38.4. The Hall–Kier alpha value is -1.06. The fraction of sp³-hybridized carbons (Fsp3) is 0.684. The number of piperidine rings is 1. The van der Waals surface area contributed by atoms with Crippen LogP contribution in [0.15, 0.2) is 24.3 Å². The predicted molar refractivity (Wildman–Crippen MR) is 87.2 cm³/mol. The van der Waals surface area contributed by atoms with Crippen molar-refractivity contribution in [1.82, 2.24) is 4.90 Å². The first kappa shape index (κ1) is 14.5. The van der Waals surface area contributed by atoms with Crippen molar-refractivity contribution in [3.05, 3.63) is 29.8 Å². The van der Waals surface area contributed by atoms with Crippen molar-refractivity contribution in [2.24, 2.45) is 11.8 Å². The smallest absolute Gasteiger partial charge is 0.122 e. The molecule has 4 rings (SSSR count). The van der Waals surface area contributed by atoms with Gasteiger partial charge in [0.2, 0.25) is 0 Å². The standard InChI is InChI=1S/C19H27NO2/c1-22-19-5-3-2-4-16(19)15-8-9-20(12-18(15)21)17-11-13-6-7-14(17)10-13/h2-5,13-15,17-18,21H,6-12H2,1H3/t13-,14-,15-,17+,18-/m0/s1. The molecule has 3 heteroatoms. The number of aliphatic hydroxyl groups excluding tert-OH is 1. The van der Waals surface area contributed by atoms with Crippen LogP contribution in [0.1, 0.15) is 43.6 Å². The summed E-state index contributed by atoms with van der Waals surface area (Å²) in [7, 11) is 1.72. The SMILES string of the molecule is COc1ccccc1[C@@H]1CCN([C@@H]2C[C@H]3CC[C@H]2C3)C[C@@H]1O. The summed E-state index contributed by atoms with van der Waals surface area (Å²) in [6.45, 7) is 1.95. The second-order valence-corrected chi connectivity index (χ2v) is 7.44. The number of benzene rings is 1. The fourth-order valence-electron chi connectivity index (χ4n) is 5.25. The Morgan fingerprint density at radius 2 is 2.00 bits per heavy atom. The summed E-state index contributed by atoms with van der Waals surface area (Å²) in [6, 6.07) is 8.91. The number of aliphatic hydroxyl groups is 1. The quantitative estimate of drug-likeness (QED) is 0.931. The van der Waals surface area contributed by atoms with E-state index in [1.54, 1.807) is 7.11 Å². The summed E-state index contributed by atoms with van der Waals surface area (Å²) in [5.41, 5.74) is 1.17. The number of ether oxygens (including phenoxy) is 1. The minimum Gasteiger partial charge on any atom is -0.496 e. The molecule has 2 saturated carbocycles. The molecule has 0 spiro atoms. The van der Waals surface area contributed by atoms with Gasteiger partial charge in [-0.05, 0) is 55.7 Å². The van der Waals surface area contributed by atoms with Crippen molar-refractivity contribution in [3.8, 4) is 5.75 Å². The lowest BCUT2D eigenvalue weighted by atomic mass is 9.84. The molecule has 2 bridgehead atoms. The molecule has 2 aliphatic carbocycles.